The van der Waals surface area contributed by atoms with Crippen LogP contribution in [0.15, 0.2) is 42.5 Å². The third kappa shape index (κ3) is 6.12. The molecule has 8 nitrogen and oxygen atoms in total. The number of rotatable bonds is 7. The zero-order chi connectivity index (χ0) is 26.7. The van der Waals surface area contributed by atoms with Crippen molar-refractivity contribution in [3.63, 3.8) is 0 Å². The van der Waals surface area contributed by atoms with Gasteiger partial charge in [-0.3, -0.25) is 9.69 Å². The fraction of sp³-hybridized carbons (Fsp3) is 0.480. The van der Waals surface area contributed by atoms with E-state index in [0.717, 1.165) is 12.1 Å². The summed E-state index contributed by atoms with van der Waals surface area (Å²) in [5, 5.41) is 23.6. The van der Waals surface area contributed by atoms with E-state index in [4.69, 9.17) is 21.1 Å². The van der Waals surface area contributed by atoms with Crippen LogP contribution in [-0.4, -0.2) is 91.8 Å². The van der Waals surface area contributed by atoms with E-state index in [-0.39, 0.29) is 17.1 Å². The van der Waals surface area contributed by atoms with Crippen LogP contribution in [0, 0.1) is 0 Å². The molecule has 2 aliphatic rings. The summed E-state index contributed by atoms with van der Waals surface area (Å²) in [6.45, 7) is 1.43. The Hall–Kier alpha value is -2.57. The SMILES string of the molecule is COc1ccc(Cl)c(C(=O)NC[C@H]2O[C@@H](CO)[C@@H](O)[C@H]2N2CCN(c3cccc(C(F)(F)F)c3)CC2)c1. The van der Waals surface area contributed by atoms with Gasteiger partial charge in [0.2, 0.25) is 0 Å². The molecule has 4 rings (SSSR count). The van der Waals surface area contributed by atoms with Gasteiger partial charge in [0.05, 0.1) is 42.0 Å². The number of carbonyl (C=O) groups excluding carboxylic acids is 1. The first-order chi connectivity index (χ1) is 17.6. The molecule has 0 aromatic heterocycles. The van der Waals surface area contributed by atoms with E-state index in [2.05, 4.69) is 5.32 Å². The molecule has 0 bridgehead atoms. The lowest BCUT2D eigenvalue weighted by Gasteiger charge is -2.41. The lowest BCUT2D eigenvalue weighted by molar-refractivity contribution is -0.137. The van der Waals surface area contributed by atoms with Crippen molar-refractivity contribution >= 4 is 23.2 Å². The van der Waals surface area contributed by atoms with Gasteiger partial charge in [-0.25, -0.2) is 0 Å². The predicted octanol–water partition coefficient (Wildman–Crippen LogP) is 2.41. The zero-order valence-corrected chi connectivity index (χ0v) is 20.9. The minimum atomic E-state index is -4.42. The van der Waals surface area contributed by atoms with Crippen LogP contribution in [0.1, 0.15) is 15.9 Å². The van der Waals surface area contributed by atoms with Crippen molar-refractivity contribution in [3.8, 4) is 5.75 Å². The van der Waals surface area contributed by atoms with Crippen LogP contribution in [0.5, 0.6) is 5.75 Å². The van der Waals surface area contributed by atoms with E-state index in [9.17, 15) is 28.2 Å². The van der Waals surface area contributed by atoms with E-state index >= 15 is 0 Å². The molecule has 3 N–H and O–H groups in total. The van der Waals surface area contributed by atoms with Crippen molar-refractivity contribution in [2.75, 3.05) is 51.3 Å². The lowest BCUT2D eigenvalue weighted by Crippen LogP contribution is -2.57. The molecule has 0 saturated carbocycles. The topological polar surface area (TPSA) is 94.5 Å². The second-order valence-corrected chi connectivity index (χ2v) is 9.41. The van der Waals surface area contributed by atoms with Crippen molar-refractivity contribution < 1.29 is 37.7 Å². The second-order valence-electron chi connectivity index (χ2n) is 9.00. The smallest absolute Gasteiger partial charge is 0.416 e. The molecular weight excluding hydrogens is 515 g/mol. The van der Waals surface area contributed by atoms with Crippen molar-refractivity contribution in [1.82, 2.24) is 10.2 Å². The Labute approximate surface area is 217 Å². The molecule has 0 aliphatic carbocycles. The quantitative estimate of drug-likeness (QED) is 0.494. The molecule has 37 heavy (non-hydrogen) atoms. The summed E-state index contributed by atoms with van der Waals surface area (Å²) >= 11 is 6.17. The molecule has 2 aliphatic heterocycles. The number of alkyl halides is 3. The van der Waals surface area contributed by atoms with Gasteiger partial charge in [0.15, 0.2) is 0 Å². The first-order valence-electron chi connectivity index (χ1n) is 11.8. The minimum absolute atomic E-state index is 0.0540. The maximum absolute atomic E-state index is 13.1. The number of hydrogen-bond acceptors (Lipinski definition) is 7. The van der Waals surface area contributed by atoms with Crippen molar-refractivity contribution in [3.05, 3.63) is 58.6 Å². The number of aliphatic hydroxyl groups excluding tert-OH is 2. The summed E-state index contributed by atoms with van der Waals surface area (Å²) in [5.41, 5.74) is -0.000731. The number of methoxy groups -OCH3 is 1. The highest BCUT2D eigenvalue weighted by Crippen LogP contribution is 2.33. The highest BCUT2D eigenvalue weighted by atomic mass is 35.5. The van der Waals surface area contributed by atoms with Gasteiger partial charge in [-0.15, -0.1) is 0 Å². The molecule has 202 valence electrons. The Morgan fingerprint density at radius 3 is 2.54 bits per heavy atom. The standard InChI is InChI=1S/C25H29ClF3N3O5/c1-36-17-5-6-19(26)18(12-17)24(35)30-13-20-22(23(34)21(14-33)37-20)32-9-7-31(8-10-32)16-4-2-3-15(11-16)25(27,28)29/h2-6,11-12,20-23,33-34H,7-10,13-14H2,1H3,(H,30,35)/t20-,21+,22+,23-/m1/s1. The minimum Gasteiger partial charge on any atom is -0.497 e. The van der Waals surface area contributed by atoms with Crippen molar-refractivity contribution in [1.29, 1.82) is 0 Å². The number of anilines is 1. The van der Waals surface area contributed by atoms with Gasteiger partial charge in [0.25, 0.3) is 5.91 Å². The van der Waals surface area contributed by atoms with Gasteiger partial charge in [0.1, 0.15) is 18.0 Å². The summed E-state index contributed by atoms with van der Waals surface area (Å²) in [7, 11) is 1.48. The van der Waals surface area contributed by atoms with E-state index in [1.165, 1.54) is 19.2 Å². The van der Waals surface area contributed by atoms with Crippen molar-refractivity contribution in [2.24, 2.45) is 0 Å². The number of aliphatic hydroxyl groups is 2. The lowest BCUT2D eigenvalue weighted by atomic mass is 10.0. The number of ether oxygens (including phenoxy) is 2. The van der Waals surface area contributed by atoms with Gasteiger partial charge in [-0.1, -0.05) is 17.7 Å². The normalized spacial score (nSPS) is 24.8. The zero-order valence-electron chi connectivity index (χ0n) is 20.1. The van der Waals surface area contributed by atoms with E-state index in [1.54, 1.807) is 18.2 Å². The Morgan fingerprint density at radius 2 is 1.89 bits per heavy atom. The summed E-state index contributed by atoms with van der Waals surface area (Å²) in [6.07, 6.45) is -6.88. The van der Waals surface area contributed by atoms with Gasteiger partial charge in [-0.05, 0) is 36.4 Å². The summed E-state index contributed by atoms with van der Waals surface area (Å²) in [6, 6.07) is 9.38. The average Bonchev–Trinajstić information content (AvgIpc) is 3.22. The van der Waals surface area contributed by atoms with Crippen LogP contribution in [0.2, 0.25) is 5.02 Å². The fourth-order valence-corrected chi connectivity index (χ4v) is 5.05. The largest absolute Gasteiger partial charge is 0.497 e. The predicted molar refractivity (Wildman–Crippen MR) is 131 cm³/mol. The van der Waals surface area contributed by atoms with Crippen LogP contribution in [-0.2, 0) is 10.9 Å². The third-order valence-corrected chi connectivity index (χ3v) is 7.13. The molecule has 2 aromatic rings. The van der Waals surface area contributed by atoms with Crippen LogP contribution in [0.25, 0.3) is 0 Å². The fourth-order valence-electron chi connectivity index (χ4n) is 4.85. The van der Waals surface area contributed by atoms with Gasteiger partial charge in [0, 0.05) is 38.4 Å². The van der Waals surface area contributed by atoms with Gasteiger partial charge >= 0.3 is 6.18 Å². The second kappa shape index (κ2) is 11.4. The summed E-state index contributed by atoms with van der Waals surface area (Å²) in [5.74, 6) is 0.0292. The molecule has 2 aromatic carbocycles. The number of halogens is 4. The first-order valence-corrected chi connectivity index (χ1v) is 12.2. The molecule has 12 heteroatoms. The van der Waals surface area contributed by atoms with Gasteiger partial charge in [-0.2, -0.15) is 13.2 Å². The number of carbonyl (C=O) groups is 1. The highest BCUT2D eigenvalue weighted by Gasteiger charge is 2.47. The molecule has 0 spiro atoms. The Morgan fingerprint density at radius 1 is 1.16 bits per heavy atom. The Balaban J connectivity index is 1.42. The molecular formula is C25H29ClF3N3O5. The maximum Gasteiger partial charge on any atom is 0.416 e. The Kier molecular flexibility index (Phi) is 8.49. The summed E-state index contributed by atoms with van der Waals surface area (Å²) < 4.78 is 50.4. The molecule has 2 heterocycles. The van der Waals surface area contributed by atoms with Crippen LogP contribution >= 0.6 is 11.6 Å². The number of hydrogen-bond donors (Lipinski definition) is 3. The molecule has 2 fully saturated rings. The average molecular weight is 544 g/mol. The molecule has 2 saturated heterocycles. The van der Waals surface area contributed by atoms with E-state index in [0.29, 0.717) is 37.6 Å². The van der Waals surface area contributed by atoms with Crippen LogP contribution in [0.4, 0.5) is 18.9 Å². The summed E-state index contributed by atoms with van der Waals surface area (Å²) in [4.78, 5) is 16.6. The molecule has 0 unspecified atom stereocenters. The monoisotopic (exact) mass is 543 g/mol. The van der Waals surface area contributed by atoms with Gasteiger partial charge < -0.3 is 29.9 Å². The number of nitrogens with zero attached hydrogens (tertiary/aromatic N) is 2. The molecule has 0 radical (unpaired) electrons. The number of piperazine rings is 1. The molecule has 1 amide bonds. The number of amides is 1. The van der Waals surface area contributed by atoms with Crippen LogP contribution in [0.3, 0.4) is 0 Å². The Bertz CT molecular complexity index is 1100. The van der Waals surface area contributed by atoms with E-state index in [1.807, 2.05) is 9.80 Å². The maximum atomic E-state index is 13.1. The first kappa shape index (κ1) is 27.5. The highest BCUT2D eigenvalue weighted by molar-refractivity contribution is 6.33. The van der Waals surface area contributed by atoms with E-state index < -0.39 is 48.6 Å². The van der Waals surface area contributed by atoms with Crippen molar-refractivity contribution in [2.45, 2.75) is 30.5 Å². The number of nitrogens with one attached hydrogen (secondary N) is 1. The number of benzene rings is 2. The third-order valence-electron chi connectivity index (χ3n) is 6.80. The molecule has 4 atom stereocenters. The van der Waals surface area contributed by atoms with Crippen LogP contribution < -0.4 is 15.0 Å².